The van der Waals surface area contributed by atoms with Crippen LogP contribution in [0.2, 0.25) is 0 Å². The lowest BCUT2D eigenvalue weighted by Crippen LogP contribution is -2.45. The predicted octanol–water partition coefficient (Wildman–Crippen LogP) is 6.95. The smallest absolute Gasteiger partial charge is 0.108 e. The van der Waals surface area contributed by atoms with Gasteiger partial charge in [0.2, 0.25) is 0 Å². The van der Waals surface area contributed by atoms with E-state index in [1.807, 2.05) is 0 Å². The van der Waals surface area contributed by atoms with E-state index in [4.69, 9.17) is 15.3 Å². The zero-order valence-electron chi connectivity index (χ0n) is 19.9. The molecule has 4 nitrogen and oxygen atoms in total. The van der Waals surface area contributed by atoms with Crippen molar-refractivity contribution in [2.45, 2.75) is 149 Å². The number of rotatable bonds is 19. The summed E-state index contributed by atoms with van der Waals surface area (Å²) in [5.74, 6) is 0. The highest BCUT2D eigenvalue weighted by molar-refractivity contribution is 9.09. The summed E-state index contributed by atoms with van der Waals surface area (Å²) >= 11 is 3.49. The molecular weight excluding hydrogens is 430 g/mol. The molecule has 0 bridgehead atoms. The van der Waals surface area contributed by atoms with E-state index in [1.54, 1.807) is 0 Å². The number of unbranched alkanes of at least 4 members (excludes halogenated alkanes) is 15. The van der Waals surface area contributed by atoms with Gasteiger partial charge in [-0.3, -0.25) is 0 Å². The Balaban J connectivity index is 0. The van der Waals surface area contributed by atoms with Crippen LogP contribution in [0.25, 0.3) is 0 Å². The summed E-state index contributed by atoms with van der Waals surface area (Å²) in [6, 6.07) is 0. The molecule has 0 spiro atoms. The van der Waals surface area contributed by atoms with Crippen molar-refractivity contribution in [2.24, 2.45) is 0 Å². The topological polar surface area (TPSA) is 63.9 Å². The van der Waals surface area contributed by atoms with E-state index in [0.717, 1.165) is 0 Å². The second kappa shape index (κ2) is 24.6. The standard InChI is InChI=1S/C18H37Br.C6H15NO3/c1-2-3-4-5-6-7-8-9-10-11-12-13-14-15-16-17-18-19;1-4(8)7(5(2)9)6(3)10/h2-18H2,1H3;4-6,8-10H,1-3H3. The van der Waals surface area contributed by atoms with Crippen molar-refractivity contribution in [3.8, 4) is 0 Å². The van der Waals surface area contributed by atoms with Crippen LogP contribution in [0.5, 0.6) is 0 Å². The van der Waals surface area contributed by atoms with E-state index >= 15 is 0 Å². The third kappa shape index (κ3) is 24.5. The summed E-state index contributed by atoms with van der Waals surface area (Å²) in [5.41, 5.74) is 0. The van der Waals surface area contributed by atoms with Crippen molar-refractivity contribution >= 4 is 15.9 Å². The Labute approximate surface area is 190 Å². The Bertz CT molecular complexity index is 267. The number of halogens is 1. The maximum atomic E-state index is 8.96. The molecule has 0 rings (SSSR count). The van der Waals surface area contributed by atoms with Crippen LogP contribution in [0, 0.1) is 0 Å². The Morgan fingerprint density at radius 2 is 0.759 bits per heavy atom. The largest absolute Gasteiger partial charge is 0.379 e. The second-order valence-corrected chi connectivity index (χ2v) is 9.13. The maximum absolute atomic E-state index is 8.96. The molecule has 0 amide bonds. The summed E-state index contributed by atoms with van der Waals surface area (Å²) in [5, 5.41) is 28.1. The van der Waals surface area contributed by atoms with E-state index in [-0.39, 0.29) is 0 Å². The normalized spacial score (nSPS) is 14.4. The molecule has 0 aliphatic heterocycles. The predicted molar refractivity (Wildman–Crippen MR) is 130 cm³/mol. The van der Waals surface area contributed by atoms with Gasteiger partial charge in [-0.1, -0.05) is 119 Å². The van der Waals surface area contributed by atoms with E-state index in [2.05, 4.69) is 22.9 Å². The highest BCUT2D eigenvalue weighted by atomic mass is 79.9. The zero-order chi connectivity index (χ0) is 22.3. The van der Waals surface area contributed by atoms with Gasteiger partial charge < -0.3 is 15.3 Å². The lowest BCUT2D eigenvalue weighted by atomic mass is 10.0. The molecule has 3 N–H and O–H groups in total. The molecule has 178 valence electrons. The fraction of sp³-hybridized carbons (Fsp3) is 1.00. The molecule has 3 atom stereocenters. The number of aliphatic hydroxyl groups excluding tert-OH is 3. The van der Waals surface area contributed by atoms with Crippen molar-refractivity contribution in [1.82, 2.24) is 4.90 Å². The summed E-state index contributed by atoms with van der Waals surface area (Å²) in [7, 11) is 0. The molecule has 0 fully saturated rings. The van der Waals surface area contributed by atoms with Gasteiger partial charge in [-0.2, -0.15) is 0 Å². The number of nitrogens with zero attached hydrogens (tertiary/aromatic N) is 1. The average Bonchev–Trinajstić information content (AvgIpc) is 2.64. The van der Waals surface area contributed by atoms with Gasteiger partial charge in [0.25, 0.3) is 0 Å². The molecule has 3 unspecified atom stereocenters. The van der Waals surface area contributed by atoms with E-state index in [9.17, 15) is 0 Å². The van der Waals surface area contributed by atoms with Crippen LogP contribution in [0.3, 0.4) is 0 Å². The quantitative estimate of drug-likeness (QED) is 0.106. The highest BCUT2D eigenvalue weighted by Crippen LogP contribution is 2.13. The van der Waals surface area contributed by atoms with Crippen LogP contribution in [0.4, 0.5) is 0 Å². The fourth-order valence-corrected chi connectivity index (χ4v) is 3.98. The molecule has 0 aromatic rings. The SMILES string of the molecule is CC(O)N(C(C)O)C(C)O.CCCCCCCCCCCCCCCCCCBr. The molecule has 0 aromatic heterocycles. The Morgan fingerprint density at radius 1 is 0.517 bits per heavy atom. The first-order valence-corrected chi connectivity index (χ1v) is 13.4. The Hall–Kier alpha value is 0.320. The van der Waals surface area contributed by atoms with Gasteiger partial charge in [-0.05, 0) is 27.2 Å². The minimum Gasteiger partial charge on any atom is -0.379 e. The van der Waals surface area contributed by atoms with Crippen LogP contribution < -0.4 is 0 Å². The van der Waals surface area contributed by atoms with Gasteiger partial charge in [-0.25, -0.2) is 4.90 Å². The molecule has 0 aliphatic rings. The number of hydrogen-bond acceptors (Lipinski definition) is 4. The van der Waals surface area contributed by atoms with Gasteiger partial charge in [0.15, 0.2) is 0 Å². The first kappa shape index (κ1) is 31.5. The summed E-state index contributed by atoms with van der Waals surface area (Å²) in [6.07, 6.45) is 20.8. The van der Waals surface area contributed by atoms with Gasteiger partial charge in [-0.15, -0.1) is 0 Å². The molecular formula is C24H52BrNO3. The first-order chi connectivity index (χ1) is 13.9. The van der Waals surface area contributed by atoms with Crippen molar-refractivity contribution in [3.05, 3.63) is 0 Å². The monoisotopic (exact) mass is 481 g/mol. The first-order valence-electron chi connectivity index (χ1n) is 12.3. The van der Waals surface area contributed by atoms with Gasteiger partial charge in [0.1, 0.15) is 18.7 Å². The van der Waals surface area contributed by atoms with Crippen LogP contribution in [0.1, 0.15) is 130 Å². The van der Waals surface area contributed by atoms with Gasteiger partial charge in [0.05, 0.1) is 0 Å². The zero-order valence-corrected chi connectivity index (χ0v) is 21.5. The fourth-order valence-electron chi connectivity index (χ4n) is 3.58. The van der Waals surface area contributed by atoms with E-state index < -0.39 is 18.7 Å². The maximum Gasteiger partial charge on any atom is 0.108 e. The Kier molecular flexibility index (Phi) is 26.7. The number of hydrogen-bond donors (Lipinski definition) is 3. The van der Waals surface area contributed by atoms with E-state index in [0.29, 0.717) is 0 Å². The lowest BCUT2D eigenvalue weighted by Gasteiger charge is -2.30. The summed E-state index contributed by atoms with van der Waals surface area (Å²) in [6.45, 7) is 6.75. The van der Waals surface area contributed by atoms with Crippen molar-refractivity contribution in [2.75, 3.05) is 5.33 Å². The number of alkyl halides is 1. The van der Waals surface area contributed by atoms with Gasteiger partial charge >= 0.3 is 0 Å². The lowest BCUT2D eigenvalue weighted by molar-refractivity contribution is -0.159. The van der Waals surface area contributed by atoms with Crippen LogP contribution in [-0.2, 0) is 0 Å². The molecule has 0 radical (unpaired) electrons. The van der Waals surface area contributed by atoms with Crippen molar-refractivity contribution < 1.29 is 15.3 Å². The van der Waals surface area contributed by atoms with Crippen molar-refractivity contribution in [1.29, 1.82) is 0 Å². The summed E-state index contributed by atoms with van der Waals surface area (Å²) in [4.78, 5) is 1.17. The van der Waals surface area contributed by atoms with E-state index in [1.165, 1.54) is 134 Å². The molecule has 0 aromatic carbocycles. The molecule has 5 heteroatoms. The molecule has 0 saturated heterocycles. The number of aliphatic hydroxyl groups is 3. The van der Waals surface area contributed by atoms with Gasteiger partial charge in [0, 0.05) is 5.33 Å². The minimum absolute atomic E-state index is 0.833. The summed E-state index contributed by atoms with van der Waals surface area (Å²) < 4.78 is 0. The third-order valence-electron chi connectivity index (χ3n) is 5.28. The average molecular weight is 483 g/mol. The highest BCUT2D eigenvalue weighted by Gasteiger charge is 2.20. The molecule has 29 heavy (non-hydrogen) atoms. The minimum atomic E-state index is -0.833. The molecule has 0 saturated carbocycles. The second-order valence-electron chi connectivity index (χ2n) is 8.34. The molecule has 0 aliphatic carbocycles. The van der Waals surface area contributed by atoms with Crippen molar-refractivity contribution in [3.63, 3.8) is 0 Å². The van der Waals surface area contributed by atoms with Crippen LogP contribution in [0.15, 0.2) is 0 Å². The van der Waals surface area contributed by atoms with Crippen LogP contribution >= 0.6 is 15.9 Å². The third-order valence-corrected chi connectivity index (χ3v) is 5.84. The van der Waals surface area contributed by atoms with Crippen LogP contribution in [-0.4, -0.2) is 44.2 Å². The molecule has 0 heterocycles. The Morgan fingerprint density at radius 3 is 0.931 bits per heavy atom.